The summed E-state index contributed by atoms with van der Waals surface area (Å²) >= 11 is 0. The van der Waals surface area contributed by atoms with Crippen molar-refractivity contribution in [1.82, 2.24) is 15.0 Å². The summed E-state index contributed by atoms with van der Waals surface area (Å²) in [6, 6.07) is 13.7. The second kappa shape index (κ2) is 7.30. The van der Waals surface area contributed by atoms with Crippen LogP contribution in [0.3, 0.4) is 0 Å². The molecular weight excluding hydrogens is 378 g/mol. The maximum absolute atomic E-state index is 13.0. The molecule has 0 amide bonds. The highest BCUT2D eigenvalue weighted by Gasteiger charge is 2.24. The van der Waals surface area contributed by atoms with Gasteiger partial charge in [0.15, 0.2) is 0 Å². The van der Waals surface area contributed by atoms with Crippen LogP contribution in [0.2, 0.25) is 0 Å². The number of hydrogen-bond donors (Lipinski definition) is 1. The molecule has 3 heterocycles. The summed E-state index contributed by atoms with van der Waals surface area (Å²) in [5.41, 5.74) is 4.54. The zero-order valence-electron chi connectivity index (χ0n) is 16.8. The Bertz CT molecular complexity index is 1300. The zero-order valence-corrected chi connectivity index (χ0v) is 16.8. The standard InChI is InChI=1S/C24H21N3O3/c1-14-3-4-20-17(9-14)10-18(13-30-20)23-26-22-19(24(28)27-23)11-16(12-21(22)29-2)15-5-7-25-8-6-15/h3-9,11-12,18H,10,13H2,1-2H3,(H,26,27,28). The molecular formula is C24H21N3O3. The maximum Gasteiger partial charge on any atom is 0.258 e. The highest BCUT2D eigenvalue weighted by atomic mass is 16.5. The SMILES string of the molecule is COc1cc(-c2ccncc2)cc2c(=O)[nH]c(C3COc4ccc(C)cc4C3)nc12. The normalized spacial score (nSPS) is 15.5. The molecule has 1 aliphatic rings. The third kappa shape index (κ3) is 3.20. The number of aromatic nitrogens is 3. The number of aromatic amines is 1. The number of fused-ring (bicyclic) bond motifs is 2. The van der Waals surface area contributed by atoms with Crippen molar-refractivity contribution >= 4 is 10.9 Å². The molecule has 0 aliphatic carbocycles. The number of ether oxygens (including phenoxy) is 2. The first-order valence-corrected chi connectivity index (χ1v) is 9.87. The van der Waals surface area contributed by atoms with Gasteiger partial charge in [0.1, 0.15) is 22.8 Å². The van der Waals surface area contributed by atoms with Gasteiger partial charge < -0.3 is 14.5 Å². The number of rotatable bonds is 3. The fourth-order valence-corrected chi connectivity index (χ4v) is 3.99. The molecule has 0 saturated carbocycles. The highest BCUT2D eigenvalue weighted by molar-refractivity contribution is 5.89. The molecule has 150 valence electrons. The number of nitrogens with one attached hydrogen (secondary N) is 1. The minimum atomic E-state index is -0.181. The lowest BCUT2D eigenvalue weighted by atomic mass is 9.94. The van der Waals surface area contributed by atoms with Crippen LogP contribution in [0.1, 0.15) is 22.9 Å². The Morgan fingerprint density at radius 3 is 2.73 bits per heavy atom. The molecule has 30 heavy (non-hydrogen) atoms. The number of nitrogens with zero attached hydrogens (tertiary/aromatic N) is 2. The van der Waals surface area contributed by atoms with Crippen molar-refractivity contribution in [2.75, 3.05) is 13.7 Å². The molecule has 6 heteroatoms. The predicted octanol–water partition coefficient (Wildman–Crippen LogP) is 4.02. The Balaban J connectivity index is 1.60. The quantitative estimate of drug-likeness (QED) is 0.563. The Morgan fingerprint density at radius 2 is 1.93 bits per heavy atom. The van der Waals surface area contributed by atoms with Crippen molar-refractivity contribution in [1.29, 1.82) is 0 Å². The fourth-order valence-electron chi connectivity index (χ4n) is 3.99. The summed E-state index contributed by atoms with van der Waals surface area (Å²) in [5.74, 6) is 2.06. The van der Waals surface area contributed by atoms with Crippen LogP contribution in [0, 0.1) is 6.92 Å². The molecule has 2 aromatic heterocycles. The molecule has 0 fully saturated rings. The third-order valence-electron chi connectivity index (χ3n) is 5.54. The monoisotopic (exact) mass is 399 g/mol. The van der Waals surface area contributed by atoms with Gasteiger partial charge in [-0.3, -0.25) is 9.78 Å². The lowest BCUT2D eigenvalue weighted by Crippen LogP contribution is -2.24. The van der Waals surface area contributed by atoms with Crippen molar-refractivity contribution < 1.29 is 9.47 Å². The Hall–Kier alpha value is -3.67. The first-order valence-electron chi connectivity index (χ1n) is 9.87. The van der Waals surface area contributed by atoms with Crippen LogP contribution < -0.4 is 15.0 Å². The van der Waals surface area contributed by atoms with Crippen LogP contribution in [0.4, 0.5) is 0 Å². The molecule has 1 aliphatic heterocycles. The molecule has 5 rings (SSSR count). The van der Waals surface area contributed by atoms with Gasteiger partial charge in [-0.05, 0) is 60.4 Å². The van der Waals surface area contributed by atoms with Gasteiger partial charge in [-0.15, -0.1) is 0 Å². The molecule has 4 aromatic rings. The van der Waals surface area contributed by atoms with E-state index in [-0.39, 0.29) is 11.5 Å². The number of benzene rings is 2. The molecule has 1 unspecified atom stereocenters. The van der Waals surface area contributed by atoms with Gasteiger partial charge in [0, 0.05) is 12.4 Å². The van der Waals surface area contributed by atoms with E-state index in [4.69, 9.17) is 14.5 Å². The lowest BCUT2D eigenvalue weighted by Gasteiger charge is -2.25. The minimum Gasteiger partial charge on any atom is -0.494 e. The van der Waals surface area contributed by atoms with Gasteiger partial charge in [-0.2, -0.15) is 0 Å². The number of pyridine rings is 1. The van der Waals surface area contributed by atoms with Gasteiger partial charge in [-0.1, -0.05) is 17.7 Å². The van der Waals surface area contributed by atoms with E-state index in [9.17, 15) is 4.79 Å². The van der Waals surface area contributed by atoms with E-state index >= 15 is 0 Å². The Kier molecular flexibility index (Phi) is 4.47. The number of H-pyrrole nitrogens is 1. The zero-order chi connectivity index (χ0) is 20.7. The van der Waals surface area contributed by atoms with Crippen LogP contribution in [0.15, 0.2) is 59.7 Å². The second-order valence-electron chi connectivity index (χ2n) is 7.58. The van der Waals surface area contributed by atoms with Gasteiger partial charge in [0.2, 0.25) is 0 Å². The summed E-state index contributed by atoms with van der Waals surface area (Å²) in [7, 11) is 1.59. The number of aryl methyl sites for hydroxylation is 1. The molecule has 6 nitrogen and oxygen atoms in total. The van der Waals surface area contributed by atoms with E-state index in [0.717, 1.165) is 28.9 Å². The van der Waals surface area contributed by atoms with Crippen LogP contribution >= 0.6 is 0 Å². The highest BCUT2D eigenvalue weighted by Crippen LogP contribution is 2.34. The maximum atomic E-state index is 13.0. The summed E-state index contributed by atoms with van der Waals surface area (Å²) in [5, 5.41) is 0.498. The molecule has 0 bridgehead atoms. The fraction of sp³-hybridized carbons (Fsp3) is 0.208. The third-order valence-corrected chi connectivity index (χ3v) is 5.54. The topological polar surface area (TPSA) is 77.1 Å². The lowest BCUT2D eigenvalue weighted by molar-refractivity contribution is 0.257. The summed E-state index contributed by atoms with van der Waals surface area (Å²) < 4.78 is 11.5. The van der Waals surface area contributed by atoms with Gasteiger partial charge in [-0.25, -0.2) is 4.98 Å². The van der Waals surface area contributed by atoms with E-state index in [1.165, 1.54) is 5.56 Å². The molecule has 0 radical (unpaired) electrons. The molecule has 1 N–H and O–H groups in total. The summed E-state index contributed by atoms with van der Waals surface area (Å²) in [6.45, 7) is 2.53. The second-order valence-corrected chi connectivity index (χ2v) is 7.58. The van der Waals surface area contributed by atoms with E-state index < -0.39 is 0 Å². The van der Waals surface area contributed by atoms with Gasteiger partial charge in [0.05, 0.1) is 25.0 Å². The summed E-state index contributed by atoms with van der Waals surface area (Å²) in [4.78, 5) is 24.8. The minimum absolute atomic E-state index is 0.0269. The predicted molar refractivity (Wildman–Crippen MR) is 115 cm³/mol. The van der Waals surface area contributed by atoms with Crippen molar-refractivity contribution in [3.63, 3.8) is 0 Å². The van der Waals surface area contributed by atoms with Crippen LogP contribution in [-0.4, -0.2) is 28.7 Å². The van der Waals surface area contributed by atoms with E-state index in [2.05, 4.69) is 23.0 Å². The molecule has 1 atom stereocenters. The largest absolute Gasteiger partial charge is 0.494 e. The van der Waals surface area contributed by atoms with Crippen molar-refractivity contribution in [3.8, 4) is 22.6 Å². The van der Waals surface area contributed by atoms with E-state index in [1.54, 1.807) is 19.5 Å². The smallest absolute Gasteiger partial charge is 0.258 e. The van der Waals surface area contributed by atoms with E-state index in [1.807, 2.05) is 36.4 Å². The summed E-state index contributed by atoms with van der Waals surface area (Å²) in [6.07, 6.45) is 4.21. The molecule has 0 saturated heterocycles. The molecule has 0 spiro atoms. The van der Waals surface area contributed by atoms with Crippen LogP contribution in [0.5, 0.6) is 11.5 Å². The van der Waals surface area contributed by atoms with Crippen molar-refractivity contribution in [2.24, 2.45) is 0 Å². The number of hydrogen-bond acceptors (Lipinski definition) is 5. The van der Waals surface area contributed by atoms with Crippen LogP contribution in [0.25, 0.3) is 22.0 Å². The van der Waals surface area contributed by atoms with E-state index in [0.29, 0.717) is 29.1 Å². The van der Waals surface area contributed by atoms with Crippen molar-refractivity contribution in [3.05, 3.63) is 82.2 Å². The first kappa shape index (κ1) is 18.4. The van der Waals surface area contributed by atoms with Crippen molar-refractivity contribution in [2.45, 2.75) is 19.3 Å². The van der Waals surface area contributed by atoms with Crippen LogP contribution in [-0.2, 0) is 6.42 Å². The first-order chi connectivity index (χ1) is 14.6. The average molecular weight is 399 g/mol. The van der Waals surface area contributed by atoms with Gasteiger partial charge >= 0.3 is 0 Å². The average Bonchev–Trinajstić information content (AvgIpc) is 2.78. The van der Waals surface area contributed by atoms with Gasteiger partial charge in [0.25, 0.3) is 5.56 Å². The number of methoxy groups -OCH3 is 1. The Morgan fingerprint density at radius 1 is 1.10 bits per heavy atom. The molecule has 2 aromatic carbocycles. The Labute approximate surface area is 173 Å².